The molecule has 86 valence electrons. The lowest BCUT2D eigenvalue weighted by molar-refractivity contribution is -0.0330. The first-order valence-corrected chi connectivity index (χ1v) is 5.48. The number of hydrogen-bond donors (Lipinski definition) is 2. The Balaban J connectivity index is 1.63. The monoisotopic (exact) mass is 215 g/mol. The molecule has 5 heteroatoms. The molecule has 0 aromatic heterocycles. The molecule has 0 aromatic carbocycles. The van der Waals surface area contributed by atoms with E-state index in [1.54, 1.807) is 0 Å². The highest BCUT2D eigenvalue weighted by Crippen LogP contribution is 2.21. The molecular formula is C10H17NO4. The summed E-state index contributed by atoms with van der Waals surface area (Å²) in [5.74, 6) is 0. The second-order valence-electron chi connectivity index (χ2n) is 4.17. The van der Waals surface area contributed by atoms with Crippen molar-refractivity contribution in [2.45, 2.75) is 44.0 Å². The Bertz CT molecular complexity index is 225. The summed E-state index contributed by atoms with van der Waals surface area (Å²) in [5, 5.41) is 11.9. The molecular weight excluding hydrogens is 198 g/mol. The number of rotatable bonds is 3. The Hall–Kier alpha value is -0.810. The second kappa shape index (κ2) is 4.81. The SMILES string of the molecule is O=C1NCC(COC2CCC(O)CC2)O1. The molecule has 1 unspecified atom stereocenters. The van der Waals surface area contributed by atoms with E-state index in [0.29, 0.717) is 13.2 Å². The minimum absolute atomic E-state index is 0.149. The average molecular weight is 215 g/mol. The molecule has 0 radical (unpaired) electrons. The van der Waals surface area contributed by atoms with Crippen LogP contribution >= 0.6 is 0 Å². The van der Waals surface area contributed by atoms with Crippen molar-refractivity contribution in [3.05, 3.63) is 0 Å². The summed E-state index contributed by atoms with van der Waals surface area (Å²) in [6, 6.07) is 0. The van der Waals surface area contributed by atoms with Crippen LogP contribution in [0.4, 0.5) is 4.79 Å². The van der Waals surface area contributed by atoms with Gasteiger partial charge in [-0.2, -0.15) is 0 Å². The second-order valence-corrected chi connectivity index (χ2v) is 4.17. The minimum Gasteiger partial charge on any atom is -0.442 e. The zero-order valence-corrected chi connectivity index (χ0v) is 8.65. The fourth-order valence-corrected chi connectivity index (χ4v) is 1.98. The minimum atomic E-state index is -0.359. The number of amides is 1. The van der Waals surface area contributed by atoms with Crippen molar-refractivity contribution in [2.24, 2.45) is 0 Å². The molecule has 2 rings (SSSR count). The summed E-state index contributed by atoms with van der Waals surface area (Å²) in [5.41, 5.74) is 0. The Morgan fingerprint density at radius 1 is 1.40 bits per heavy atom. The van der Waals surface area contributed by atoms with E-state index in [9.17, 15) is 9.90 Å². The summed E-state index contributed by atoms with van der Waals surface area (Å²) < 4.78 is 10.6. The number of hydrogen-bond acceptors (Lipinski definition) is 4. The van der Waals surface area contributed by atoms with Crippen LogP contribution in [0.2, 0.25) is 0 Å². The maximum atomic E-state index is 10.7. The van der Waals surface area contributed by atoms with Crippen molar-refractivity contribution in [1.82, 2.24) is 5.32 Å². The quantitative estimate of drug-likeness (QED) is 0.715. The highest BCUT2D eigenvalue weighted by Gasteiger charge is 2.25. The molecule has 1 saturated carbocycles. The largest absolute Gasteiger partial charge is 0.442 e. The molecule has 1 aliphatic carbocycles. The van der Waals surface area contributed by atoms with Gasteiger partial charge in [-0.15, -0.1) is 0 Å². The summed E-state index contributed by atoms with van der Waals surface area (Å²) in [6.07, 6.45) is 2.97. The third-order valence-electron chi connectivity index (χ3n) is 2.91. The van der Waals surface area contributed by atoms with Gasteiger partial charge in [-0.05, 0) is 25.7 Å². The van der Waals surface area contributed by atoms with Crippen LogP contribution in [0.15, 0.2) is 0 Å². The highest BCUT2D eigenvalue weighted by atomic mass is 16.6. The third-order valence-corrected chi connectivity index (χ3v) is 2.91. The first-order chi connectivity index (χ1) is 7.24. The van der Waals surface area contributed by atoms with Crippen molar-refractivity contribution in [3.8, 4) is 0 Å². The van der Waals surface area contributed by atoms with Crippen LogP contribution in [0.1, 0.15) is 25.7 Å². The van der Waals surface area contributed by atoms with Gasteiger partial charge in [-0.3, -0.25) is 0 Å². The number of aliphatic hydroxyl groups excluding tert-OH is 1. The zero-order valence-electron chi connectivity index (χ0n) is 8.65. The molecule has 1 heterocycles. The van der Waals surface area contributed by atoms with Crippen LogP contribution in [0.25, 0.3) is 0 Å². The summed E-state index contributed by atoms with van der Waals surface area (Å²) in [7, 11) is 0. The molecule has 0 aromatic rings. The maximum absolute atomic E-state index is 10.7. The molecule has 1 aliphatic heterocycles. The molecule has 1 saturated heterocycles. The van der Waals surface area contributed by atoms with Crippen LogP contribution in [0.3, 0.4) is 0 Å². The summed E-state index contributed by atoms with van der Waals surface area (Å²) in [6.45, 7) is 0.994. The number of carbonyl (C=O) groups excluding carboxylic acids is 1. The van der Waals surface area contributed by atoms with Gasteiger partial charge in [0.25, 0.3) is 0 Å². The van der Waals surface area contributed by atoms with Gasteiger partial charge >= 0.3 is 6.09 Å². The van der Waals surface area contributed by atoms with Gasteiger partial charge in [0.15, 0.2) is 0 Å². The van der Waals surface area contributed by atoms with E-state index in [1.165, 1.54) is 0 Å². The molecule has 2 aliphatic rings. The van der Waals surface area contributed by atoms with Gasteiger partial charge in [0.1, 0.15) is 6.10 Å². The van der Waals surface area contributed by atoms with Gasteiger partial charge in [0, 0.05) is 0 Å². The fraction of sp³-hybridized carbons (Fsp3) is 0.900. The van der Waals surface area contributed by atoms with Crippen molar-refractivity contribution >= 4 is 6.09 Å². The Morgan fingerprint density at radius 2 is 2.13 bits per heavy atom. The lowest BCUT2D eigenvalue weighted by Crippen LogP contribution is -2.29. The van der Waals surface area contributed by atoms with Gasteiger partial charge in [0.05, 0.1) is 25.4 Å². The van der Waals surface area contributed by atoms with E-state index in [2.05, 4.69) is 5.32 Å². The molecule has 1 atom stereocenters. The van der Waals surface area contributed by atoms with Crippen molar-refractivity contribution in [1.29, 1.82) is 0 Å². The first-order valence-electron chi connectivity index (χ1n) is 5.48. The van der Waals surface area contributed by atoms with Gasteiger partial charge < -0.3 is 19.9 Å². The lowest BCUT2D eigenvalue weighted by Gasteiger charge is -2.26. The van der Waals surface area contributed by atoms with Crippen molar-refractivity contribution in [2.75, 3.05) is 13.2 Å². The van der Waals surface area contributed by atoms with Gasteiger partial charge in [-0.1, -0.05) is 0 Å². The molecule has 2 fully saturated rings. The molecule has 1 amide bonds. The standard InChI is InChI=1S/C10H17NO4/c12-7-1-3-8(4-2-7)14-6-9-5-11-10(13)15-9/h7-9,12H,1-6H2,(H,11,13). The maximum Gasteiger partial charge on any atom is 0.407 e. The summed E-state index contributed by atoms with van der Waals surface area (Å²) in [4.78, 5) is 10.7. The summed E-state index contributed by atoms with van der Waals surface area (Å²) >= 11 is 0. The Morgan fingerprint density at radius 3 is 2.73 bits per heavy atom. The van der Waals surface area contributed by atoms with E-state index in [1.807, 2.05) is 0 Å². The molecule has 2 N–H and O–H groups in total. The predicted molar refractivity (Wildman–Crippen MR) is 52.5 cm³/mol. The molecule has 5 nitrogen and oxygen atoms in total. The molecule has 0 spiro atoms. The number of alkyl carbamates (subject to hydrolysis) is 1. The van der Waals surface area contributed by atoms with Crippen molar-refractivity contribution in [3.63, 3.8) is 0 Å². The highest BCUT2D eigenvalue weighted by molar-refractivity contribution is 5.69. The van der Waals surface area contributed by atoms with Gasteiger partial charge in [-0.25, -0.2) is 4.79 Å². The number of ether oxygens (including phenoxy) is 2. The Kier molecular flexibility index (Phi) is 3.43. The van der Waals surface area contributed by atoms with E-state index in [-0.39, 0.29) is 24.4 Å². The van der Waals surface area contributed by atoms with E-state index < -0.39 is 0 Å². The van der Waals surface area contributed by atoms with Crippen LogP contribution in [-0.2, 0) is 9.47 Å². The number of aliphatic hydroxyl groups is 1. The van der Waals surface area contributed by atoms with Crippen molar-refractivity contribution < 1.29 is 19.4 Å². The zero-order chi connectivity index (χ0) is 10.7. The topological polar surface area (TPSA) is 67.8 Å². The van der Waals surface area contributed by atoms with Crippen LogP contribution in [-0.4, -0.2) is 42.7 Å². The van der Waals surface area contributed by atoms with Gasteiger partial charge in [0.2, 0.25) is 0 Å². The number of nitrogens with one attached hydrogen (secondary N) is 1. The van der Waals surface area contributed by atoms with Crippen LogP contribution in [0.5, 0.6) is 0 Å². The van der Waals surface area contributed by atoms with E-state index in [0.717, 1.165) is 25.7 Å². The average Bonchev–Trinajstić information content (AvgIpc) is 2.64. The fourth-order valence-electron chi connectivity index (χ4n) is 1.98. The smallest absolute Gasteiger partial charge is 0.407 e. The predicted octanol–water partition coefficient (Wildman–Crippen LogP) is 0.415. The third kappa shape index (κ3) is 3.07. The number of carbonyl (C=O) groups is 1. The molecule has 15 heavy (non-hydrogen) atoms. The first kappa shape index (κ1) is 10.7. The normalized spacial score (nSPS) is 36.1. The van der Waals surface area contributed by atoms with E-state index >= 15 is 0 Å². The van der Waals surface area contributed by atoms with E-state index in [4.69, 9.17) is 9.47 Å². The lowest BCUT2D eigenvalue weighted by atomic mass is 9.95. The number of cyclic esters (lactones) is 1. The Labute approximate surface area is 88.7 Å². The van der Waals surface area contributed by atoms with Crippen LogP contribution in [0, 0.1) is 0 Å². The van der Waals surface area contributed by atoms with Crippen LogP contribution < -0.4 is 5.32 Å². The molecule has 0 bridgehead atoms.